The number of hydrogen-bond acceptors (Lipinski definition) is 4. The molecule has 3 aliphatic rings. The van der Waals surface area contributed by atoms with Crippen molar-refractivity contribution in [3.05, 3.63) is 21.4 Å². The Morgan fingerprint density at radius 3 is 2.70 bits per heavy atom. The van der Waals surface area contributed by atoms with Gasteiger partial charge in [-0.1, -0.05) is 25.7 Å². The highest BCUT2D eigenvalue weighted by Crippen LogP contribution is 2.39. The van der Waals surface area contributed by atoms with Gasteiger partial charge in [-0.2, -0.15) is 0 Å². The molecule has 2 N–H and O–H groups in total. The molecule has 4 rings (SSSR count). The second-order valence-corrected chi connectivity index (χ2v) is 10.2. The molecule has 0 radical (unpaired) electrons. The molecule has 0 spiro atoms. The van der Waals surface area contributed by atoms with Crippen LogP contribution in [0.15, 0.2) is 6.07 Å². The minimum Gasteiger partial charge on any atom is -0.392 e. The van der Waals surface area contributed by atoms with E-state index in [0.717, 1.165) is 50.3 Å². The fraction of sp³-hybridized carbons (Fsp3) is 0.773. The first kappa shape index (κ1) is 19.4. The van der Waals surface area contributed by atoms with Crippen LogP contribution in [0.2, 0.25) is 0 Å². The summed E-state index contributed by atoms with van der Waals surface area (Å²) in [5.41, 5.74) is 1.62. The molecule has 27 heavy (non-hydrogen) atoms. The fourth-order valence-electron chi connectivity index (χ4n) is 5.26. The Kier molecular flexibility index (Phi) is 6.20. The molecular weight excluding hydrogens is 356 g/mol. The number of hydrogen-bond donors (Lipinski definition) is 2. The van der Waals surface area contributed by atoms with E-state index in [1.54, 1.807) is 11.3 Å². The Balaban J connectivity index is 1.37. The SMILES string of the molecule is O=C(NCC1(CN2CCC(O)C2)CCCC1)c1cc2c(s1)CCCCCC2. The van der Waals surface area contributed by atoms with Gasteiger partial charge in [0.15, 0.2) is 0 Å². The zero-order chi connectivity index (χ0) is 18.7. The van der Waals surface area contributed by atoms with Gasteiger partial charge in [0, 0.05) is 36.5 Å². The molecule has 1 atom stereocenters. The number of carbonyl (C=O) groups is 1. The van der Waals surface area contributed by atoms with Crippen molar-refractivity contribution in [1.29, 1.82) is 0 Å². The maximum atomic E-state index is 12.9. The summed E-state index contributed by atoms with van der Waals surface area (Å²) in [5, 5.41) is 13.1. The van der Waals surface area contributed by atoms with E-state index in [1.807, 2.05) is 0 Å². The van der Waals surface area contributed by atoms with Gasteiger partial charge in [-0.3, -0.25) is 4.79 Å². The van der Waals surface area contributed by atoms with Gasteiger partial charge >= 0.3 is 0 Å². The summed E-state index contributed by atoms with van der Waals surface area (Å²) < 4.78 is 0. The highest BCUT2D eigenvalue weighted by atomic mass is 32.1. The summed E-state index contributed by atoms with van der Waals surface area (Å²) in [7, 11) is 0. The van der Waals surface area contributed by atoms with Crippen molar-refractivity contribution in [3.8, 4) is 0 Å². The van der Waals surface area contributed by atoms with Crippen LogP contribution in [-0.2, 0) is 12.8 Å². The zero-order valence-corrected chi connectivity index (χ0v) is 17.3. The van der Waals surface area contributed by atoms with Gasteiger partial charge in [0.2, 0.25) is 0 Å². The summed E-state index contributed by atoms with van der Waals surface area (Å²) >= 11 is 1.73. The molecule has 1 unspecified atom stereocenters. The van der Waals surface area contributed by atoms with Gasteiger partial charge in [-0.05, 0) is 56.6 Å². The highest BCUT2D eigenvalue weighted by molar-refractivity contribution is 7.14. The minimum atomic E-state index is -0.163. The Bertz CT molecular complexity index is 625. The summed E-state index contributed by atoms with van der Waals surface area (Å²) in [4.78, 5) is 17.6. The Morgan fingerprint density at radius 1 is 1.19 bits per heavy atom. The lowest BCUT2D eigenvalue weighted by Crippen LogP contribution is -2.43. The molecule has 5 heteroatoms. The van der Waals surface area contributed by atoms with Crippen molar-refractivity contribution in [1.82, 2.24) is 10.2 Å². The molecule has 2 heterocycles. The van der Waals surface area contributed by atoms with E-state index in [9.17, 15) is 9.90 Å². The first-order valence-corrected chi connectivity index (χ1v) is 11.8. The maximum absolute atomic E-state index is 12.9. The van der Waals surface area contributed by atoms with E-state index in [4.69, 9.17) is 0 Å². The number of amides is 1. The lowest BCUT2D eigenvalue weighted by Gasteiger charge is -2.33. The van der Waals surface area contributed by atoms with Crippen LogP contribution in [-0.4, -0.2) is 48.2 Å². The van der Waals surface area contributed by atoms with Crippen molar-refractivity contribution in [2.45, 2.75) is 76.7 Å². The number of nitrogens with one attached hydrogen (secondary N) is 1. The van der Waals surface area contributed by atoms with E-state index in [-0.39, 0.29) is 17.4 Å². The number of likely N-dealkylation sites (tertiary alicyclic amines) is 1. The molecule has 4 nitrogen and oxygen atoms in total. The maximum Gasteiger partial charge on any atom is 0.261 e. The van der Waals surface area contributed by atoms with Crippen LogP contribution >= 0.6 is 11.3 Å². The number of β-amino-alcohol motifs (C(OH)–C–C–N with tert-alkyl or cyclic N) is 1. The van der Waals surface area contributed by atoms with E-state index in [2.05, 4.69) is 16.3 Å². The highest BCUT2D eigenvalue weighted by Gasteiger charge is 2.37. The van der Waals surface area contributed by atoms with E-state index in [0.29, 0.717) is 0 Å². The van der Waals surface area contributed by atoms with Crippen molar-refractivity contribution in [2.75, 3.05) is 26.2 Å². The first-order chi connectivity index (χ1) is 13.1. The van der Waals surface area contributed by atoms with Crippen molar-refractivity contribution >= 4 is 17.2 Å². The second kappa shape index (κ2) is 8.62. The average Bonchev–Trinajstić information content (AvgIpc) is 3.35. The van der Waals surface area contributed by atoms with E-state index < -0.39 is 0 Å². The van der Waals surface area contributed by atoms with Crippen LogP contribution in [0.4, 0.5) is 0 Å². The third kappa shape index (κ3) is 4.75. The predicted octanol–water partition coefficient (Wildman–Crippen LogP) is 3.76. The fourth-order valence-corrected chi connectivity index (χ4v) is 6.43. The van der Waals surface area contributed by atoms with Crippen LogP contribution in [0.3, 0.4) is 0 Å². The number of rotatable bonds is 5. The molecular formula is C22H34N2O2S. The molecule has 150 valence electrons. The topological polar surface area (TPSA) is 52.6 Å². The number of fused-ring (bicyclic) bond motifs is 1. The molecule has 1 aromatic heterocycles. The van der Waals surface area contributed by atoms with Gasteiger partial charge < -0.3 is 15.3 Å². The van der Waals surface area contributed by atoms with Crippen LogP contribution in [0.5, 0.6) is 0 Å². The van der Waals surface area contributed by atoms with Crippen LogP contribution in [0, 0.1) is 5.41 Å². The lowest BCUT2D eigenvalue weighted by atomic mass is 9.85. The number of nitrogens with zero attached hydrogens (tertiary/aromatic N) is 1. The predicted molar refractivity (Wildman–Crippen MR) is 110 cm³/mol. The smallest absolute Gasteiger partial charge is 0.261 e. The van der Waals surface area contributed by atoms with Crippen LogP contribution in [0.25, 0.3) is 0 Å². The summed E-state index contributed by atoms with van der Waals surface area (Å²) in [6, 6.07) is 2.17. The van der Waals surface area contributed by atoms with Gasteiger partial charge in [0.25, 0.3) is 5.91 Å². The third-order valence-electron chi connectivity index (χ3n) is 6.82. The van der Waals surface area contributed by atoms with Crippen LogP contribution < -0.4 is 5.32 Å². The standard InChI is InChI=1S/C22H34N2O2S/c25-18-9-12-24(14-18)16-22(10-5-6-11-22)15-23-21(26)20-13-17-7-3-1-2-4-8-19(17)27-20/h13,18,25H,1-12,14-16H2,(H,23,26). The van der Waals surface area contributed by atoms with Gasteiger partial charge in [0.05, 0.1) is 11.0 Å². The molecule has 2 aliphatic carbocycles. The molecule has 0 bridgehead atoms. The number of carbonyl (C=O) groups excluding carboxylic acids is 1. The average molecular weight is 391 g/mol. The van der Waals surface area contributed by atoms with Crippen molar-refractivity contribution in [2.24, 2.45) is 5.41 Å². The first-order valence-electron chi connectivity index (χ1n) is 10.9. The second-order valence-electron chi connectivity index (χ2n) is 9.04. The Labute approximate surface area is 167 Å². The van der Waals surface area contributed by atoms with Gasteiger partial charge in [-0.25, -0.2) is 0 Å². The monoisotopic (exact) mass is 390 g/mol. The molecule has 1 aliphatic heterocycles. The minimum absolute atomic E-state index is 0.125. The number of aryl methyl sites for hydroxylation is 2. The molecule has 0 aromatic carbocycles. The molecule has 1 saturated carbocycles. The third-order valence-corrected chi connectivity index (χ3v) is 8.05. The summed E-state index contributed by atoms with van der Waals surface area (Å²) in [6.07, 6.45) is 13.1. The van der Waals surface area contributed by atoms with E-state index >= 15 is 0 Å². The van der Waals surface area contributed by atoms with E-state index in [1.165, 1.54) is 61.8 Å². The van der Waals surface area contributed by atoms with Gasteiger partial charge in [0.1, 0.15) is 0 Å². The Morgan fingerprint density at radius 2 is 1.96 bits per heavy atom. The Hall–Kier alpha value is -0.910. The lowest BCUT2D eigenvalue weighted by molar-refractivity contribution is 0.0908. The number of thiophene rings is 1. The largest absolute Gasteiger partial charge is 0.392 e. The molecule has 2 fully saturated rings. The molecule has 1 amide bonds. The molecule has 1 aromatic rings. The summed E-state index contributed by atoms with van der Waals surface area (Å²) in [5.74, 6) is 0.125. The quantitative estimate of drug-likeness (QED) is 0.805. The van der Waals surface area contributed by atoms with Crippen molar-refractivity contribution < 1.29 is 9.90 Å². The van der Waals surface area contributed by atoms with Crippen molar-refractivity contribution in [3.63, 3.8) is 0 Å². The normalized spacial score (nSPS) is 25.7. The van der Waals surface area contributed by atoms with Crippen LogP contribution in [0.1, 0.15) is 77.9 Å². The number of aliphatic hydroxyl groups excluding tert-OH is 1. The van der Waals surface area contributed by atoms with Gasteiger partial charge in [-0.15, -0.1) is 11.3 Å². The number of aliphatic hydroxyl groups is 1. The summed E-state index contributed by atoms with van der Waals surface area (Å²) in [6.45, 7) is 3.59. The molecule has 1 saturated heterocycles. The zero-order valence-electron chi connectivity index (χ0n) is 16.5.